The van der Waals surface area contributed by atoms with E-state index in [0.29, 0.717) is 6.54 Å². The zero-order valence-electron chi connectivity index (χ0n) is 11.4. The molecular formula is C14H22N2O2. The number of aromatic nitrogens is 1. The third kappa shape index (κ3) is 2.17. The highest BCUT2D eigenvalue weighted by molar-refractivity contribution is 5.79. The second-order valence-corrected chi connectivity index (χ2v) is 5.93. The van der Waals surface area contributed by atoms with Crippen LogP contribution in [0.4, 0.5) is 0 Å². The minimum Gasteiger partial charge on any atom is -0.388 e. The van der Waals surface area contributed by atoms with Crippen molar-refractivity contribution < 1.29 is 9.90 Å². The Hall–Kier alpha value is -1.29. The quantitative estimate of drug-likeness (QED) is 0.857. The first-order chi connectivity index (χ1) is 8.33. The lowest BCUT2D eigenvalue weighted by molar-refractivity contribution is -0.126. The summed E-state index contributed by atoms with van der Waals surface area (Å²) < 4.78 is 2.14. The molecule has 18 heavy (non-hydrogen) atoms. The molecule has 1 aliphatic carbocycles. The van der Waals surface area contributed by atoms with Gasteiger partial charge in [0.05, 0.1) is 11.5 Å². The van der Waals surface area contributed by atoms with Gasteiger partial charge in [-0.2, -0.15) is 0 Å². The average Bonchev–Trinajstić information content (AvgIpc) is 2.57. The summed E-state index contributed by atoms with van der Waals surface area (Å²) in [5, 5.41) is 10.0. The van der Waals surface area contributed by atoms with Gasteiger partial charge in [-0.05, 0) is 46.1 Å². The lowest BCUT2D eigenvalue weighted by atomic mass is 9.91. The zero-order valence-corrected chi connectivity index (χ0v) is 11.4. The van der Waals surface area contributed by atoms with Crippen molar-refractivity contribution in [2.24, 2.45) is 11.1 Å². The molecule has 100 valence electrons. The molecule has 1 unspecified atom stereocenters. The van der Waals surface area contributed by atoms with Crippen LogP contribution in [0.1, 0.15) is 49.7 Å². The molecule has 3 N–H and O–H groups in total. The number of fused-ring (bicyclic) bond motifs is 1. The number of nitrogens with zero attached hydrogens (tertiary/aromatic N) is 1. The first-order valence-corrected chi connectivity index (χ1v) is 6.50. The zero-order chi connectivity index (χ0) is 13.5. The summed E-state index contributed by atoms with van der Waals surface area (Å²) in [6, 6.07) is 2.04. The summed E-state index contributed by atoms with van der Waals surface area (Å²) in [7, 11) is 0. The number of amides is 1. The number of aliphatic hydroxyl groups excluding tert-OH is 1. The number of primary amides is 1. The standard InChI is InChI=1S/C14H22N2O2/c1-9-7-10-11(5-4-6-12(10)17)16(9)8-14(2,3)13(15)18/h7,12,17H,4-6,8H2,1-3H3,(H2,15,18). The van der Waals surface area contributed by atoms with Gasteiger partial charge in [-0.15, -0.1) is 0 Å². The van der Waals surface area contributed by atoms with E-state index in [0.717, 1.165) is 30.5 Å². The lowest BCUT2D eigenvalue weighted by Crippen LogP contribution is -2.36. The van der Waals surface area contributed by atoms with E-state index in [1.165, 1.54) is 5.69 Å². The van der Waals surface area contributed by atoms with Gasteiger partial charge in [-0.25, -0.2) is 0 Å². The molecule has 1 aliphatic rings. The van der Waals surface area contributed by atoms with Crippen LogP contribution in [0.15, 0.2) is 6.07 Å². The molecule has 0 aliphatic heterocycles. The highest BCUT2D eigenvalue weighted by Gasteiger charge is 2.29. The predicted molar refractivity (Wildman–Crippen MR) is 70.0 cm³/mol. The van der Waals surface area contributed by atoms with E-state index in [9.17, 15) is 9.90 Å². The Morgan fingerprint density at radius 2 is 2.28 bits per heavy atom. The van der Waals surface area contributed by atoms with Crippen molar-refractivity contribution >= 4 is 5.91 Å². The van der Waals surface area contributed by atoms with E-state index < -0.39 is 5.41 Å². The van der Waals surface area contributed by atoms with Crippen LogP contribution in [0.25, 0.3) is 0 Å². The smallest absolute Gasteiger partial charge is 0.224 e. The lowest BCUT2D eigenvalue weighted by Gasteiger charge is -2.26. The molecule has 0 spiro atoms. The van der Waals surface area contributed by atoms with Crippen molar-refractivity contribution in [3.05, 3.63) is 23.0 Å². The molecule has 4 heteroatoms. The monoisotopic (exact) mass is 250 g/mol. The van der Waals surface area contributed by atoms with Gasteiger partial charge in [0, 0.05) is 23.5 Å². The fourth-order valence-corrected chi connectivity index (χ4v) is 2.63. The highest BCUT2D eigenvalue weighted by atomic mass is 16.3. The Balaban J connectivity index is 2.37. The fraction of sp³-hybridized carbons (Fsp3) is 0.643. The van der Waals surface area contributed by atoms with Crippen LogP contribution in [-0.2, 0) is 17.8 Å². The van der Waals surface area contributed by atoms with Gasteiger partial charge in [0.15, 0.2) is 0 Å². The molecule has 2 rings (SSSR count). The second kappa shape index (κ2) is 4.43. The molecule has 0 bridgehead atoms. The minimum atomic E-state index is -0.569. The average molecular weight is 250 g/mol. The molecule has 1 atom stereocenters. The van der Waals surface area contributed by atoms with E-state index in [1.54, 1.807) is 0 Å². The van der Waals surface area contributed by atoms with E-state index >= 15 is 0 Å². The maximum atomic E-state index is 11.5. The summed E-state index contributed by atoms with van der Waals surface area (Å²) in [6.45, 7) is 6.32. The number of aliphatic hydroxyl groups is 1. The number of hydrogen-bond acceptors (Lipinski definition) is 2. The van der Waals surface area contributed by atoms with Gasteiger partial charge in [-0.1, -0.05) is 0 Å². The third-order valence-corrected chi connectivity index (χ3v) is 3.92. The largest absolute Gasteiger partial charge is 0.388 e. The van der Waals surface area contributed by atoms with Gasteiger partial charge < -0.3 is 15.4 Å². The molecule has 0 radical (unpaired) electrons. The maximum absolute atomic E-state index is 11.5. The van der Waals surface area contributed by atoms with Crippen LogP contribution < -0.4 is 5.73 Å². The van der Waals surface area contributed by atoms with E-state index in [-0.39, 0.29) is 12.0 Å². The molecule has 1 amide bonds. The topological polar surface area (TPSA) is 68.2 Å². The van der Waals surface area contributed by atoms with E-state index in [2.05, 4.69) is 4.57 Å². The Morgan fingerprint density at radius 1 is 1.61 bits per heavy atom. The van der Waals surface area contributed by atoms with Crippen molar-refractivity contribution in [1.82, 2.24) is 4.57 Å². The number of aryl methyl sites for hydroxylation is 1. The van der Waals surface area contributed by atoms with E-state index in [4.69, 9.17) is 5.73 Å². The normalized spacial score (nSPS) is 19.7. The summed E-state index contributed by atoms with van der Waals surface area (Å²) in [6.07, 6.45) is 2.43. The molecule has 0 aromatic carbocycles. The molecule has 4 nitrogen and oxygen atoms in total. The number of hydrogen-bond donors (Lipinski definition) is 2. The molecule has 0 saturated heterocycles. The Morgan fingerprint density at radius 3 is 2.89 bits per heavy atom. The predicted octanol–water partition coefficient (Wildman–Crippen LogP) is 1.68. The number of carbonyl (C=O) groups is 1. The summed E-state index contributed by atoms with van der Waals surface area (Å²) in [5.41, 5.74) is 8.16. The highest BCUT2D eigenvalue weighted by Crippen LogP contribution is 2.33. The van der Waals surface area contributed by atoms with Crippen molar-refractivity contribution in [3.8, 4) is 0 Å². The molecule has 0 saturated carbocycles. The van der Waals surface area contributed by atoms with Crippen molar-refractivity contribution in [3.63, 3.8) is 0 Å². The molecule has 0 fully saturated rings. The van der Waals surface area contributed by atoms with Gasteiger partial charge >= 0.3 is 0 Å². The first kappa shape index (κ1) is 13.1. The van der Waals surface area contributed by atoms with Crippen LogP contribution >= 0.6 is 0 Å². The second-order valence-electron chi connectivity index (χ2n) is 5.93. The van der Waals surface area contributed by atoms with Gasteiger partial charge in [0.2, 0.25) is 5.91 Å². The summed E-state index contributed by atoms with van der Waals surface area (Å²) in [5.74, 6) is -0.291. The molecule has 1 aromatic rings. The Kier molecular flexibility index (Phi) is 3.23. The van der Waals surface area contributed by atoms with Crippen LogP contribution in [0, 0.1) is 12.3 Å². The third-order valence-electron chi connectivity index (χ3n) is 3.92. The number of nitrogens with two attached hydrogens (primary N) is 1. The summed E-state index contributed by atoms with van der Waals surface area (Å²) in [4.78, 5) is 11.5. The number of rotatable bonds is 3. The van der Waals surface area contributed by atoms with Gasteiger partial charge in [-0.3, -0.25) is 4.79 Å². The van der Waals surface area contributed by atoms with Crippen LogP contribution in [0.2, 0.25) is 0 Å². The van der Waals surface area contributed by atoms with Crippen molar-refractivity contribution in [2.75, 3.05) is 0 Å². The fourth-order valence-electron chi connectivity index (χ4n) is 2.63. The number of carbonyl (C=O) groups excluding carboxylic acids is 1. The minimum absolute atomic E-state index is 0.291. The molecular weight excluding hydrogens is 228 g/mol. The Bertz CT molecular complexity index is 474. The van der Waals surface area contributed by atoms with E-state index in [1.807, 2.05) is 26.8 Å². The SMILES string of the molecule is Cc1cc2c(n1CC(C)(C)C(N)=O)CCCC2O. The summed E-state index contributed by atoms with van der Waals surface area (Å²) >= 11 is 0. The van der Waals surface area contributed by atoms with Gasteiger partial charge in [0.1, 0.15) is 0 Å². The molecule has 1 heterocycles. The maximum Gasteiger partial charge on any atom is 0.224 e. The van der Waals surface area contributed by atoms with Crippen LogP contribution in [-0.4, -0.2) is 15.6 Å². The van der Waals surface area contributed by atoms with Crippen LogP contribution in [0.3, 0.4) is 0 Å². The molecule has 1 aromatic heterocycles. The van der Waals surface area contributed by atoms with Crippen molar-refractivity contribution in [2.45, 2.75) is 52.7 Å². The van der Waals surface area contributed by atoms with Crippen molar-refractivity contribution in [1.29, 1.82) is 0 Å². The van der Waals surface area contributed by atoms with Crippen LogP contribution in [0.5, 0.6) is 0 Å². The van der Waals surface area contributed by atoms with Gasteiger partial charge in [0.25, 0.3) is 0 Å². The first-order valence-electron chi connectivity index (χ1n) is 6.50. The Labute approximate surface area is 108 Å².